The van der Waals surface area contributed by atoms with Gasteiger partial charge in [0.1, 0.15) is 11.5 Å². The summed E-state index contributed by atoms with van der Waals surface area (Å²) in [4.78, 5) is 28.5. The van der Waals surface area contributed by atoms with Gasteiger partial charge in [0, 0.05) is 44.1 Å². The summed E-state index contributed by atoms with van der Waals surface area (Å²) in [5, 5.41) is 6.63. The number of nitrogens with one attached hydrogen (secondary N) is 2. The average Bonchev–Trinajstić information content (AvgIpc) is 3.10. The number of fused-ring (bicyclic) bond motifs is 1. The van der Waals surface area contributed by atoms with Gasteiger partial charge < -0.3 is 15.2 Å². The molecule has 2 N–H and O–H groups in total. The number of benzene rings is 2. The second-order valence-electron chi connectivity index (χ2n) is 8.35. The van der Waals surface area contributed by atoms with E-state index in [2.05, 4.69) is 15.6 Å². The lowest BCUT2D eigenvalue weighted by atomic mass is 10.0. The monoisotopic (exact) mass is 470 g/mol. The van der Waals surface area contributed by atoms with Gasteiger partial charge in [-0.3, -0.25) is 9.59 Å². The maximum Gasteiger partial charge on any atom is 0.248 e. The molecular weight excluding hydrogens is 443 g/mol. The molecule has 0 aliphatic carbocycles. The fourth-order valence-corrected chi connectivity index (χ4v) is 4.08. The summed E-state index contributed by atoms with van der Waals surface area (Å²) in [7, 11) is 1.94. The van der Waals surface area contributed by atoms with Gasteiger partial charge in [0.2, 0.25) is 11.8 Å². The molecule has 0 aliphatic heterocycles. The third kappa shape index (κ3) is 6.00. The number of hydrogen-bond donors (Lipinski definition) is 2. The molecule has 178 valence electrons. The molecule has 0 saturated heterocycles. The molecule has 0 spiro atoms. The molecule has 2 amide bonds. The maximum atomic E-state index is 13.4. The lowest BCUT2D eigenvalue weighted by Gasteiger charge is -2.09. The Kier molecular flexibility index (Phi) is 7.35. The summed E-state index contributed by atoms with van der Waals surface area (Å²) in [6.07, 6.45) is 6.06. The van der Waals surface area contributed by atoms with Crippen LogP contribution < -0.4 is 10.6 Å². The fourth-order valence-electron chi connectivity index (χ4n) is 4.08. The predicted molar refractivity (Wildman–Crippen MR) is 136 cm³/mol. The van der Waals surface area contributed by atoms with Gasteiger partial charge in [-0.2, -0.15) is 0 Å². The molecule has 0 fully saturated rings. The van der Waals surface area contributed by atoms with Gasteiger partial charge in [0.05, 0.1) is 11.9 Å². The van der Waals surface area contributed by atoms with Crippen molar-refractivity contribution in [2.45, 2.75) is 19.8 Å². The molecule has 0 saturated carbocycles. The highest BCUT2D eigenvalue weighted by Crippen LogP contribution is 2.29. The van der Waals surface area contributed by atoms with Crippen molar-refractivity contribution in [1.29, 1.82) is 0 Å². The average molecular weight is 471 g/mol. The van der Waals surface area contributed by atoms with Crippen LogP contribution in [0.1, 0.15) is 29.3 Å². The Morgan fingerprint density at radius 3 is 2.54 bits per heavy atom. The van der Waals surface area contributed by atoms with E-state index in [4.69, 9.17) is 0 Å². The lowest BCUT2D eigenvalue weighted by molar-refractivity contribution is -0.119. The van der Waals surface area contributed by atoms with Crippen molar-refractivity contribution >= 4 is 34.6 Å². The molecule has 0 unspecified atom stereocenters. The van der Waals surface area contributed by atoms with Crippen molar-refractivity contribution in [3.8, 4) is 0 Å². The molecule has 4 rings (SSSR count). The Labute approximate surface area is 203 Å². The van der Waals surface area contributed by atoms with E-state index in [-0.39, 0.29) is 17.6 Å². The first kappa shape index (κ1) is 23.9. The predicted octanol–water partition coefficient (Wildman–Crippen LogP) is 4.63. The van der Waals surface area contributed by atoms with Gasteiger partial charge in [-0.25, -0.2) is 9.37 Å². The summed E-state index contributed by atoms with van der Waals surface area (Å²) < 4.78 is 15.4. The largest absolute Gasteiger partial charge is 0.356 e. The molecule has 35 heavy (non-hydrogen) atoms. The van der Waals surface area contributed by atoms with E-state index in [1.165, 1.54) is 25.1 Å². The normalized spacial score (nSPS) is 11.2. The molecule has 4 aromatic rings. The van der Waals surface area contributed by atoms with Crippen LogP contribution >= 0.6 is 0 Å². The summed E-state index contributed by atoms with van der Waals surface area (Å²) >= 11 is 0. The third-order valence-corrected chi connectivity index (χ3v) is 5.79. The number of aryl methyl sites for hydroxylation is 1. The van der Waals surface area contributed by atoms with Crippen LogP contribution in [-0.2, 0) is 29.5 Å². The first-order valence-corrected chi connectivity index (χ1v) is 11.4. The van der Waals surface area contributed by atoms with Crippen molar-refractivity contribution < 1.29 is 14.0 Å². The number of aromatic nitrogens is 2. The number of pyridine rings is 1. The van der Waals surface area contributed by atoms with E-state index >= 15 is 0 Å². The second-order valence-corrected chi connectivity index (χ2v) is 8.35. The fraction of sp³-hybridized carbons (Fsp3) is 0.179. The molecule has 0 bridgehead atoms. The van der Waals surface area contributed by atoms with Gasteiger partial charge in [-0.05, 0) is 47.4 Å². The third-order valence-electron chi connectivity index (χ3n) is 5.79. The number of hydrogen-bond acceptors (Lipinski definition) is 3. The number of halogens is 1. The Balaban J connectivity index is 1.64. The lowest BCUT2D eigenvalue weighted by Crippen LogP contribution is -2.22. The summed E-state index contributed by atoms with van der Waals surface area (Å²) in [5.41, 5.74) is 5.32. The van der Waals surface area contributed by atoms with Gasteiger partial charge in [0.15, 0.2) is 0 Å². The van der Waals surface area contributed by atoms with E-state index in [0.29, 0.717) is 25.1 Å². The second kappa shape index (κ2) is 10.8. The van der Waals surface area contributed by atoms with E-state index in [1.807, 2.05) is 48.0 Å². The molecule has 2 aromatic heterocycles. The van der Waals surface area contributed by atoms with Gasteiger partial charge in [-0.15, -0.1) is 0 Å². The van der Waals surface area contributed by atoms with E-state index in [0.717, 1.165) is 33.4 Å². The van der Waals surface area contributed by atoms with Gasteiger partial charge >= 0.3 is 0 Å². The van der Waals surface area contributed by atoms with Crippen LogP contribution in [-0.4, -0.2) is 27.9 Å². The number of carbonyl (C=O) groups excluding carboxylic acids is 2. The quantitative estimate of drug-likeness (QED) is 0.369. The highest BCUT2D eigenvalue weighted by molar-refractivity contribution is 6.02. The Morgan fingerprint density at radius 1 is 1.09 bits per heavy atom. The number of amides is 2. The molecule has 6 nitrogen and oxygen atoms in total. The van der Waals surface area contributed by atoms with Crippen molar-refractivity contribution in [3.05, 3.63) is 101 Å². The van der Waals surface area contributed by atoms with Gasteiger partial charge in [-0.1, -0.05) is 42.5 Å². The minimum atomic E-state index is -0.278. The smallest absolute Gasteiger partial charge is 0.248 e. The number of anilines is 1. The zero-order valence-corrected chi connectivity index (χ0v) is 19.7. The summed E-state index contributed by atoms with van der Waals surface area (Å²) in [5.74, 6) is -0.626. The highest BCUT2D eigenvalue weighted by atomic mass is 19.1. The summed E-state index contributed by atoms with van der Waals surface area (Å²) in [6, 6.07) is 17.9. The van der Waals surface area contributed by atoms with Crippen LogP contribution in [0.2, 0.25) is 0 Å². The van der Waals surface area contributed by atoms with Crippen molar-refractivity contribution in [1.82, 2.24) is 14.9 Å². The topological polar surface area (TPSA) is 76.0 Å². The first-order valence-electron chi connectivity index (χ1n) is 11.4. The number of nitrogens with zero attached hydrogens (tertiary/aromatic N) is 2. The highest BCUT2D eigenvalue weighted by Gasteiger charge is 2.17. The molecular formula is C28H27FN4O2. The zero-order valence-electron chi connectivity index (χ0n) is 19.7. The summed E-state index contributed by atoms with van der Waals surface area (Å²) in [6.45, 7) is 1.96. The maximum absolute atomic E-state index is 13.4. The van der Waals surface area contributed by atoms with Gasteiger partial charge in [0.25, 0.3) is 0 Å². The van der Waals surface area contributed by atoms with Crippen molar-refractivity contribution in [2.24, 2.45) is 7.05 Å². The minimum absolute atomic E-state index is 0.0957. The van der Waals surface area contributed by atoms with Crippen molar-refractivity contribution in [2.75, 3.05) is 11.9 Å². The standard InChI is InChI=1S/C28H27FN4O2/c1-19(34)30-15-14-24-25-17-23(32-27(35)13-10-20-6-4-3-5-7-20)18-31-28(25)33(2)26(24)16-21-8-11-22(29)12-9-21/h3-13,17-18H,14-16H2,1-2H3,(H,30,34)(H,32,35)/b13-10+. The SMILES string of the molecule is CC(=O)NCCc1c(Cc2ccc(F)cc2)n(C)c2ncc(NC(=O)/C=C/c3ccccc3)cc12. The van der Waals surface area contributed by atoms with E-state index < -0.39 is 0 Å². The minimum Gasteiger partial charge on any atom is -0.356 e. The Morgan fingerprint density at radius 2 is 1.83 bits per heavy atom. The molecule has 2 aromatic carbocycles. The number of carbonyl (C=O) groups is 2. The first-order chi connectivity index (χ1) is 16.9. The van der Waals surface area contributed by atoms with E-state index in [1.54, 1.807) is 24.4 Å². The Hall–Kier alpha value is -4.26. The molecule has 2 heterocycles. The van der Waals surface area contributed by atoms with Crippen LogP contribution in [0.3, 0.4) is 0 Å². The molecule has 0 aliphatic rings. The van der Waals surface area contributed by atoms with Crippen LogP contribution in [0.25, 0.3) is 17.1 Å². The van der Waals surface area contributed by atoms with Crippen LogP contribution in [0.4, 0.5) is 10.1 Å². The molecule has 0 radical (unpaired) electrons. The van der Waals surface area contributed by atoms with Crippen molar-refractivity contribution in [3.63, 3.8) is 0 Å². The van der Waals surface area contributed by atoms with E-state index in [9.17, 15) is 14.0 Å². The van der Waals surface area contributed by atoms with Crippen LogP contribution in [0.15, 0.2) is 72.9 Å². The molecule has 7 heteroatoms. The number of rotatable bonds is 8. The Bertz CT molecular complexity index is 1380. The zero-order chi connectivity index (χ0) is 24.8. The van der Waals surface area contributed by atoms with Crippen LogP contribution in [0.5, 0.6) is 0 Å². The van der Waals surface area contributed by atoms with Crippen LogP contribution in [0, 0.1) is 5.82 Å². The molecule has 0 atom stereocenters.